The summed E-state index contributed by atoms with van der Waals surface area (Å²) in [6, 6.07) is 13.3. The molecule has 0 saturated carbocycles. The fourth-order valence-electron chi connectivity index (χ4n) is 5.30. The number of aryl methyl sites for hydroxylation is 1. The zero-order chi connectivity index (χ0) is 25.0. The predicted molar refractivity (Wildman–Crippen MR) is 140 cm³/mol. The topological polar surface area (TPSA) is 49.9 Å². The molecule has 0 bridgehead atoms. The zero-order valence-electron chi connectivity index (χ0n) is 20.6. The Kier molecular flexibility index (Phi) is 8.28. The van der Waals surface area contributed by atoms with E-state index in [1.807, 2.05) is 21.9 Å². The van der Waals surface area contributed by atoms with Gasteiger partial charge in [-0.25, -0.2) is 0 Å². The Morgan fingerprint density at radius 3 is 2.43 bits per heavy atom. The first-order valence-electron chi connectivity index (χ1n) is 12.6. The summed E-state index contributed by atoms with van der Waals surface area (Å²) in [6.45, 7) is 6.26. The van der Waals surface area contributed by atoms with Crippen LogP contribution in [0.2, 0.25) is 10.0 Å². The number of hydrogen-bond donors (Lipinski definition) is 0. The highest BCUT2D eigenvalue weighted by Crippen LogP contribution is 2.40. The minimum atomic E-state index is -0.447. The van der Waals surface area contributed by atoms with Crippen molar-refractivity contribution in [2.45, 2.75) is 58.4 Å². The Labute approximate surface area is 218 Å². The molecule has 2 heterocycles. The van der Waals surface area contributed by atoms with E-state index in [0.717, 1.165) is 31.4 Å². The van der Waals surface area contributed by atoms with Gasteiger partial charge in [-0.1, -0.05) is 47.8 Å². The molecule has 0 radical (unpaired) electrons. The van der Waals surface area contributed by atoms with Gasteiger partial charge in [-0.15, -0.1) is 0 Å². The lowest BCUT2D eigenvalue weighted by Gasteiger charge is -2.44. The van der Waals surface area contributed by atoms with Crippen molar-refractivity contribution >= 4 is 35.0 Å². The third-order valence-corrected chi connectivity index (χ3v) is 8.17. The minimum Gasteiger partial charge on any atom is -0.491 e. The Morgan fingerprint density at radius 2 is 1.71 bits per heavy atom. The van der Waals surface area contributed by atoms with Gasteiger partial charge in [0, 0.05) is 24.7 Å². The van der Waals surface area contributed by atoms with E-state index >= 15 is 0 Å². The van der Waals surface area contributed by atoms with Gasteiger partial charge in [0.25, 0.3) is 5.91 Å². The molecule has 2 aliphatic heterocycles. The number of ether oxygens (including phenoxy) is 1. The highest BCUT2D eigenvalue weighted by atomic mass is 35.5. The maximum absolute atomic E-state index is 14.0. The number of fused-ring (bicyclic) bond motifs is 1. The number of benzene rings is 2. The first kappa shape index (κ1) is 25.8. The van der Waals surface area contributed by atoms with Crippen LogP contribution in [-0.2, 0) is 11.2 Å². The van der Waals surface area contributed by atoms with Gasteiger partial charge in [-0.05, 0) is 75.8 Å². The molecule has 1 saturated heterocycles. The van der Waals surface area contributed by atoms with Crippen LogP contribution >= 0.6 is 23.2 Å². The molecule has 0 atom stereocenters. The summed E-state index contributed by atoms with van der Waals surface area (Å²) in [6.07, 6.45) is 5.08. The quantitative estimate of drug-likeness (QED) is 0.473. The Morgan fingerprint density at radius 1 is 0.971 bits per heavy atom. The van der Waals surface area contributed by atoms with Crippen LogP contribution < -0.4 is 4.74 Å². The molecule has 2 aromatic carbocycles. The summed E-state index contributed by atoms with van der Waals surface area (Å²) >= 11 is 12.2. The molecular weight excluding hydrogens is 483 g/mol. The molecule has 0 aliphatic carbocycles. The van der Waals surface area contributed by atoms with Crippen molar-refractivity contribution in [3.05, 3.63) is 63.6 Å². The van der Waals surface area contributed by atoms with Crippen molar-refractivity contribution in [1.29, 1.82) is 0 Å². The molecule has 5 nitrogen and oxygen atoms in total. The molecule has 2 amide bonds. The summed E-state index contributed by atoms with van der Waals surface area (Å²) in [5.41, 5.74) is 1.31. The lowest BCUT2D eigenvalue weighted by molar-refractivity contribution is -0.148. The Balaban J connectivity index is 1.51. The largest absolute Gasteiger partial charge is 0.491 e. The third kappa shape index (κ3) is 5.78. The molecule has 2 aliphatic rings. The van der Waals surface area contributed by atoms with E-state index in [1.165, 1.54) is 5.56 Å². The van der Waals surface area contributed by atoms with E-state index in [0.29, 0.717) is 54.7 Å². The second kappa shape index (κ2) is 11.2. The van der Waals surface area contributed by atoms with Crippen LogP contribution in [0.4, 0.5) is 0 Å². The summed E-state index contributed by atoms with van der Waals surface area (Å²) in [4.78, 5) is 30.9. The van der Waals surface area contributed by atoms with E-state index in [4.69, 9.17) is 27.9 Å². The minimum absolute atomic E-state index is 0.0651. The molecule has 1 spiro atoms. The molecule has 4 rings (SSSR count). The van der Waals surface area contributed by atoms with Gasteiger partial charge in [0.1, 0.15) is 12.4 Å². The van der Waals surface area contributed by atoms with Crippen molar-refractivity contribution < 1.29 is 14.3 Å². The molecular formula is C28H34Cl2N2O3. The van der Waals surface area contributed by atoms with Crippen molar-refractivity contribution in [3.63, 3.8) is 0 Å². The monoisotopic (exact) mass is 516 g/mol. The molecule has 0 aromatic heterocycles. The molecule has 2 aromatic rings. The maximum Gasteiger partial charge on any atom is 0.253 e. The summed E-state index contributed by atoms with van der Waals surface area (Å²) in [7, 11) is 0. The third-order valence-electron chi connectivity index (χ3n) is 7.43. The van der Waals surface area contributed by atoms with Gasteiger partial charge in [0.2, 0.25) is 5.91 Å². The van der Waals surface area contributed by atoms with Crippen LogP contribution in [0.15, 0.2) is 42.5 Å². The highest BCUT2D eigenvalue weighted by Gasteiger charge is 2.44. The van der Waals surface area contributed by atoms with E-state index in [1.54, 1.807) is 18.2 Å². The Bertz CT molecular complexity index is 1060. The van der Waals surface area contributed by atoms with Crippen LogP contribution in [0, 0.1) is 5.41 Å². The second-order valence-corrected chi connectivity index (χ2v) is 10.8. The van der Waals surface area contributed by atoms with Crippen molar-refractivity contribution in [2.75, 3.05) is 26.2 Å². The number of para-hydroxylation sites is 1. The normalized spacial score (nSPS) is 19.1. The number of amides is 2. The van der Waals surface area contributed by atoms with Crippen LogP contribution in [0.25, 0.3) is 0 Å². The molecule has 35 heavy (non-hydrogen) atoms. The highest BCUT2D eigenvalue weighted by molar-refractivity contribution is 6.42. The fourth-order valence-corrected chi connectivity index (χ4v) is 5.60. The van der Waals surface area contributed by atoms with E-state index < -0.39 is 5.41 Å². The number of hydrogen-bond acceptors (Lipinski definition) is 3. The van der Waals surface area contributed by atoms with Crippen LogP contribution in [0.5, 0.6) is 5.75 Å². The van der Waals surface area contributed by atoms with Crippen LogP contribution in [0.1, 0.15) is 61.9 Å². The molecule has 188 valence electrons. The number of carbonyl (C=O) groups is 2. The van der Waals surface area contributed by atoms with E-state index in [9.17, 15) is 9.59 Å². The number of halogens is 2. The smallest absolute Gasteiger partial charge is 0.253 e. The standard InChI is InChI=1S/C28H34Cl2N2O3/c1-20(2)32-17-18-35-25-9-4-3-7-21(25)8-5-6-12-28(27(32)34)13-15-31(16-14-28)26(33)22-10-11-23(29)24(30)19-22/h3-4,7,9-11,19-20H,5-6,8,12-18H2,1-2H3. The summed E-state index contributed by atoms with van der Waals surface area (Å²) in [5, 5.41) is 0.803. The molecule has 7 heteroatoms. The van der Waals surface area contributed by atoms with Gasteiger partial charge in [0.15, 0.2) is 0 Å². The van der Waals surface area contributed by atoms with Crippen LogP contribution in [0.3, 0.4) is 0 Å². The van der Waals surface area contributed by atoms with Gasteiger partial charge in [0.05, 0.1) is 22.0 Å². The fraction of sp³-hybridized carbons (Fsp3) is 0.500. The maximum atomic E-state index is 14.0. The number of nitrogens with zero attached hydrogens (tertiary/aromatic N) is 2. The molecule has 1 fully saturated rings. The lowest BCUT2D eigenvalue weighted by Crippen LogP contribution is -2.53. The first-order chi connectivity index (χ1) is 16.8. The summed E-state index contributed by atoms with van der Waals surface area (Å²) < 4.78 is 6.11. The average molecular weight is 517 g/mol. The predicted octanol–water partition coefficient (Wildman–Crippen LogP) is 6.26. The lowest BCUT2D eigenvalue weighted by atomic mass is 9.72. The average Bonchev–Trinajstić information content (AvgIpc) is 2.85. The zero-order valence-corrected chi connectivity index (χ0v) is 22.1. The van der Waals surface area contributed by atoms with Crippen molar-refractivity contribution in [2.24, 2.45) is 5.41 Å². The van der Waals surface area contributed by atoms with Crippen LogP contribution in [-0.4, -0.2) is 53.9 Å². The number of piperidine rings is 1. The van der Waals surface area contributed by atoms with Gasteiger partial charge < -0.3 is 14.5 Å². The summed E-state index contributed by atoms with van der Waals surface area (Å²) in [5.74, 6) is 1.06. The Hall–Kier alpha value is -2.24. The van der Waals surface area contributed by atoms with E-state index in [-0.39, 0.29) is 17.9 Å². The van der Waals surface area contributed by atoms with Crippen molar-refractivity contribution in [3.8, 4) is 5.75 Å². The first-order valence-corrected chi connectivity index (χ1v) is 13.3. The SMILES string of the molecule is CC(C)N1CCOc2ccccc2CCCCC2(CCN(C(=O)c3ccc(Cl)c(Cl)c3)CC2)C1=O. The van der Waals surface area contributed by atoms with Gasteiger partial charge in [-0.3, -0.25) is 9.59 Å². The molecule has 0 unspecified atom stereocenters. The second-order valence-electron chi connectivity index (χ2n) is 9.96. The van der Waals surface area contributed by atoms with Gasteiger partial charge in [-0.2, -0.15) is 0 Å². The number of likely N-dealkylation sites (tertiary alicyclic amines) is 1. The molecule has 0 N–H and O–H groups in total. The van der Waals surface area contributed by atoms with Crippen molar-refractivity contribution in [1.82, 2.24) is 9.80 Å². The van der Waals surface area contributed by atoms with Gasteiger partial charge >= 0.3 is 0 Å². The number of rotatable bonds is 2. The number of carbonyl (C=O) groups excluding carboxylic acids is 2. The van der Waals surface area contributed by atoms with E-state index in [2.05, 4.69) is 26.0 Å².